The molecule has 5 rings (SSSR count). The van der Waals surface area contributed by atoms with E-state index in [0.29, 0.717) is 12.2 Å². The number of hydrogen-bond donors (Lipinski definition) is 2. The third kappa shape index (κ3) is 4.18. The van der Waals surface area contributed by atoms with Crippen LogP contribution < -0.4 is 0 Å². The second kappa shape index (κ2) is 8.84. The molecule has 0 aliphatic heterocycles. The van der Waals surface area contributed by atoms with Crippen molar-refractivity contribution in [3.8, 4) is 6.07 Å². The maximum atomic E-state index is 14.4. The largest absolute Gasteiger partial charge is 0.469 e. The van der Waals surface area contributed by atoms with E-state index >= 15 is 0 Å². The van der Waals surface area contributed by atoms with Gasteiger partial charge >= 0.3 is 7.82 Å². The van der Waals surface area contributed by atoms with Crippen LogP contribution in [0, 0.1) is 73.9 Å². The van der Waals surface area contributed by atoms with Crippen LogP contribution in [0.4, 0.5) is 0 Å². The molecule has 5 aliphatic carbocycles. The lowest BCUT2D eigenvalue weighted by atomic mass is 9.32. The molecule has 39 heavy (non-hydrogen) atoms. The Kier molecular flexibility index (Phi) is 6.61. The molecule has 4 saturated carbocycles. The van der Waals surface area contributed by atoms with Gasteiger partial charge in [0.2, 0.25) is 0 Å². The molecule has 5 aliphatic rings. The quantitative estimate of drug-likeness (QED) is 0.392. The Morgan fingerprint density at radius 1 is 0.974 bits per heavy atom. The van der Waals surface area contributed by atoms with Gasteiger partial charge in [0.15, 0.2) is 5.78 Å². The van der Waals surface area contributed by atoms with Gasteiger partial charge in [0, 0.05) is 17.8 Å². The Hall–Kier alpha value is -1.32. The molecule has 0 heterocycles. The number of allylic oxidation sites excluding steroid dienone is 2. The van der Waals surface area contributed by atoms with E-state index in [0.717, 1.165) is 38.5 Å². The highest BCUT2D eigenvalue weighted by Gasteiger charge is 2.71. The molecule has 0 aromatic rings. The second-order valence-electron chi connectivity index (χ2n) is 15.7. The predicted molar refractivity (Wildman–Crippen MR) is 147 cm³/mol. The SMILES string of the molecule is CC1(C)C[C@@H](COP(=O)(O)O)[C@H]2CC[C@]3(C)[C@H](C(=O)C[C@@H]4[C@@]5(C)C=C(C#N)C(=O)C(C)(C)[C@@H]5CC[C@]43C)[C@H]2C1. The first-order valence-corrected chi connectivity index (χ1v) is 16.2. The standard InChI is InChI=1S/C31H46NO6P/c1-27(2)13-19(17-38-39(35,36)37)20-8-10-31(7)25(21(20)15-27)22(33)12-24-29(5)14-18(16-32)26(34)28(3,4)23(29)9-11-30(24,31)6/h14,19-21,23-25H,8-13,15,17H2,1-7H3,(H2,35,36,37)/t19-,20+,21-,23-,24+,25-,29-,30+,31+/m0/s1. The first kappa shape index (κ1) is 29.2. The zero-order valence-electron chi connectivity index (χ0n) is 24.6. The van der Waals surface area contributed by atoms with Gasteiger partial charge in [-0.3, -0.25) is 14.1 Å². The van der Waals surface area contributed by atoms with E-state index in [1.165, 1.54) is 0 Å². The summed E-state index contributed by atoms with van der Waals surface area (Å²) in [4.78, 5) is 46.4. The Morgan fingerprint density at radius 3 is 2.23 bits per heavy atom. The molecule has 7 nitrogen and oxygen atoms in total. The smallest absolute Gasteiger partial charge is 0.303 e. The van der Waals surface area contributed by atoms with Crippen molar-refractivity contribution in [2.75, 3.05) is 6.61 Å². The lowest BCUT2D eigenvalue weighted by Crippen LogP contribution is -2.67. The molecule has 9 atom stereocenters. The molecule has 8 heteroatoms. The molecule has 0 amide bonds. The highest BCUT2D eigenvalue weighted by Crippen LogP contribution is 2.74. The first-order chi connectivity index (χ1) is 17.8. The number of fused-ring (bicyclic) bond motifs is 7. The summed E-state index contributed by atoms with van der Waals surface area (Å²) in [7, 11) is -4.57. The summed E-state index contributed by atoms with van der Waals surface area (Å²) in [5.74, 6) is 0.621. The number of hydrogen-bond acceptors (Lipinski definition) is 5. The van der Waals surface area contributed by atoms with Crippen LogP contribution in [0.2, 0.25) is 0 Å². The lowest BCUT2D eigenvalue weighted by Gasteiger charge is -2.71. The summed E-state index contributed by atoms with van der Waals surface area (Å²) >= 11 is 0. The molecule has 4 fully saturated rings. The number of nitrogens with zero attached hydrogens (tertiary/aromatic N) is 1. The van der Waals surface area contributed by atoms with Crippen molar-refractivity contribution in [2.24, 2.45) is 62.6 Å². The fourth-order valence-electron chi connectivity index (χ4n) is 11.2. The number of phosphoric acid groups is 1. The molecule has 0 bridgehead atoms. The molecular weight excluding hydrogens is 513 g/mol. The van der Waals surface area contributed by atoms with Crippen molar-refractivity contribution in [3.05, 3.63) is 11.6 Å². The fourth-order valence-corrected chi connectivity index (χ4v) is 11.6. The van der Waals surface area contributed by atoms with Crippen molar-refractivity contribution in [1.82, 2.24) is 0 Å². The van der Waals surface area contributed by atoms with Crippen LogP contribution in [0.5, 0.6) is 0 Å². The number of carbonyl (C=O) groups excluding carboxylic acids is 2. The highest BCUT2D eigenvalue weighted by atomic mass is 31.2. The predicted octanol–water partition coefficient (Wildman–Crippen LogP) is 6.25. The number of rotatable bonds is 3. The van der Waals surface area contributed by atoms with Gasteiger partial charge < -0.3 is 9.79 Å². The second-order valence-corrected chi connectivity index (χ2v) is 16.9. The topological polar surface area (TPSA) is 125 Å². The number of phosphoric ester groups is 1. The van der Waals surface area contributed by atoms with Gasteiger partial charge in [-0.15, -0.1) is 0 Å². The van der Waals surface area contributed by atoms with Crippen molar-refractivity contribution < 1.29 is 28.5 Å². The molecule has 2 N–H and O–H groups in total. The van der Waals surface area contributed by atoms with Crippen LogP contribution in [0.3, 0.4) is 0 Å². The fraction of sp³-hybridized carbons (Fsp3) is 0.839. The van der Waals surface area contributed by atoms with E-state index < -0.39 is 18.7 Å². The number of ketones is 2. The van der Waals surface area contributed by atoms with Crippen LogP contribution in [-0.2, 0) is 18.7 Å². The van der Waals surface area contributed by atoms with Crippen molar-refractivity contribution in [1.29, 1.82) is 5.26 Å². The van der Waals surface area contributed by atoms with E-state index in [-0.39, 0.29) is 69.7 Å². The summed E-state index contributed by atoms with van der Waals surface area (Å²) < 4.78 is 16.6. The normalized spacial score (nSPS) is 46.6. The van der Waals surface area contributed by atoms with Crippen LogP contribution in [0.25, 0.3) is 0 Å². The lowest BCUT2D eigenvalue weighted by molar-refractivity contribution is -0.215. The van der Waals surface area contributed by atoms with E-state index in [4.69, 9.17) is 4.52 Å². The maximum absolute atomic E-state index is 14.4. The van der Waals surface area contributed by atoms with Gasteiger partial charge in [0.1, 0.15) is 11.9 Å². The Labute approximate surface area is 233 Å². The average molecular weight is 560 g/mol. The first-order valence-electron chi connectivity index (χ1n) is 14.7. The van der Waals surface area contributed by atoms with E-state index in [1.54, 1.807) is 0 Å². The van der Waals surface area contributed by atoms with Crippen molar-refractivity contribution >= 4 is 19.4 Å². The minimum Gasteiger partial charge on any atom is -0.303 e. The number of nitriles is 1. The third-order valence-corrected chi connectivity index (χ3v) is 13.4. The summed E-state index contributed by atoms with van der Waals surface area (Å²) in [6.45, 7) is 15.3. The van der Waals surface area contributed by atoms with Gasteiger partial charge in [0.25, 0.3) is 0 Å². The van der Waals surface area contributed by atoms with Crippen LogP contribution in [-0.4, -0.2) is 28.0 Å². The summed E-state index contributed by atoms with van der Waals surface area (Å²) in [5.41, 5.74) is -1.23. The third-order valence-electron chi connectivity index (χ3n) is 12.9. The minimum atomic E-state index is -4.57. The van der Waals surface area contributed by atoms with E-state index in [9.17, 15) is 29.2 Å². The van der Waals surface area contributed by atoms with Gasteiger partial charge in [0.05, 0.1) is 12.2 Å². The van der Waals surface area contributed by atoms with E-state index in [2.05, 4.69) is 40.7 Å². The van der Waals surface area contributed by atoms with Crippen LogP contribution >= 0.6 is 7.82 Å². The molecular formula is C31H46NO6P. The summed E-state index contributed by atoms with van der Waals surface area (Å²) in [6.07, 6.45) is 7.81. The van der Waals surface area contributed by atoms with Gasteiger partial charge in [-0.05, 0) is 89.8 Å². The zero-order valence-corrected chi connectivity index (χ0v) is 25.5. The summed E-state index contributed by atoms with van der Waals surface area (Å²) in [5, 5.41) is 9.88. The Morgan fingerprint density at radius 2 is 1.62 bits per heavy atom. The molecule has 0 saturated heterocycles. The minimum absolute atomic E-state index is 0.00813. The van der Waals surface area contributed by atoms with Crippen LogP contribution in [0.1, 0.15) is 93.4 Å². The van der Waals surface area contributed by atoms with E-state index in [1.807, 2.05) is 19.9 Å². The maximum Gasteiger partial charge on any atom is 0.469 e. The highest BCUT2D eigenvalue weighted by molar-refractivity contribution is 7.46. The van der Waals surface area contributed by atoms with Gasteiger partial charge in [-0.25, -0.2) is 4.57 Å². The molecule has 0 unspecified atom stereocenters. The zero-order chi connectivity index (χ0) is 29.0. The molecule has 0 radical (unpaired) electrons. The molecule has 216 valence electrons. The van der Waals surface area contributed by atoms with Crippen molar-refractivity contribution in [2.45, 2.75) is 93.4 Å². The Bertz CT molecular complexity index is 1210. The van der Waals surface area contributed by atoms with Crippen LogP contribution in [0.15, 0.2) is 11.6 Å². The number of Topliss-reactive ketones (excluding diaryl/α,β-unsaturated/α-hetero) is 2. The Balaban J connectivity index is 1.55. The molecule has 0 aromatic heterocycles. The molecule has 0 spiro atoms. The monoisotopic (exact) mass is 559 g/mol. The molecule has 0 aromatic carbocycles. The van der Waals surface area contributed by atoms with Gasteiger partial charge in [-0.2, -0.15) is 5.26 Å². The number of carbonyl (C=O) groups is 2. The van der Waals surface area contributed by atoms with Gasteiger partial charge in [-0.1, -0.05) is 54.5 Å². The van der Waals surface area contributed by atoms with Crippen molar-refractivity contribution in [3.63, 3.8) is 0 Å². The average Bonchev–Trinajstić information content (AvgIpc) is 2.80. The summed E-state index contributed by atoms with van der Waals surface area (Å²) in [6, 6.07) is 2.19.